The third-order valence-electron chi connectivity index (χ3n) is 3.96. The molecule has 1 heterocycles. The zero-order valence-corrected chi connectivity index (χ0v) is 13.2. The van der Waals surface area contributed by atoms with Crippen LogP contribution in [0.5, 0.6) is 0 Å². The van der Waals surface area contributed by atoms with Gasteiger partial charge in [-0.3, -0.25) is 4.79 Å². The van der Waals surface area contributed by atoms with Gasteiger partial charge >= 0.3 is 0 Å². The van der Waals surface area contributed by atoms with Crippen molar-refractivity contribution >= 4 is 37.3 Å². The van der Waals surface area contributed by atoms with Gasteiger partial charge in [0, 0.05) is 32.2 Å². The van der Waals surface area contributed by atoms with Gasteiger partial charge in [0.2, 0.25) is 0 Å². The molecule has 1 nitrogen and oxygen atoms in total. The van der Waals surface area contributed by atoms with Gasteiger partial charge in [-0.15, -0.1) is 11.3 Å². The summed E-state index contributed by atoms with van der Waals surface area (Å²) < 4.78 is 2.55. The van der Waals surface area contributed by atoms with Gasteiger partial charge in [-0.05, 0) is 30.7 Å². The molecule has 0 radical (unpaired) electrons. The van der Waals surface area contributed by atoms with Crippen molar-refractivity contribution in [2.75, 3.05) is 0 Å². The molecule has 0 atom stereocenters. The van der Waals surface area contributed by atoms with Crippen LogP contribution in [0.3, 0.4) is 0 Å². The molecule has 21 heavy (non-hydrogen) atoms. The van der Waals surface area contributed by atoms with E-state index >= 15 is 0 Å². The van der Waals surface area contributed by atoms with E-state index in [0.29, 0.717) is 6.42 Å². The van der Waals surface area contributed by atoms with E-state index in [1.54, 1.807) is 11.3 Å². The summed E-state index contributed by atoms with van der Waals surface area (Å²) in [6, 6.07) is 14.6. The van der Waals surface area contributed by atoms with E-state index in [2.05, 4.69) is 43.3 Å². The molecule has 3 aromatic rings. The fraction of sp³-hybridized carbons (Fsp3) is 0.316. The quantitative estimate of drug-likeness (QED) is 0.390. The van der Waals surface area contributed by atoms with Crippen LogP contribution in [0.2, 0.25) is 0 Å². The van der Waals surface area contributed by atoms with Crippen molar-refractivity contribution in [3.63, 3.8) is 0 Å². The lowest BCUT2D eigenvalue weighted by atomic mass is 10.0. The summed E-state index contributed by atoms with van der Waals surface area (Å²) in [6.07, 6.45) is 5.27. The van der Waals surface area contributed by atoms with Gasteiger partial charge in [0.25, 0.3) is 0 Å². The molecule has 0 amide bonds. The number of rotatable bonds is 6. The molecule has 0 aliphatic rings. The zero-order chi connectivity index (χ0) is 14.7. The first kappa shape index (κ1) is 14.3. The minimum absolute atomic E-state index is 0.281. The minimum Gasteiger partial charge on any atom is -0.294 e. The van der Waals surface area contributed by atoms with E-state index in [9.17, 15) is 4.79 Å². The average molecular weight is 296 g/mol. The van der Waals surface area contributed by atoms with Gasteiger partial charge in [-0.25, -0.2) is 0 Å². The predicted molar refractivity (Wildman–Crippen MR) is 92.4 cm³/mol. The molecular formula is C19H20OS. The van der Waals surface area contributed by atoms with E-state index in [4.69, 9.17) is 0 Å². The molecule has 0 unspecified atom stereocenters. The molecule has 0 bridgehead atoms. The van der Waals surface area contributed by atoms with Crippen molar-refractivity contribution in [3.8, 4) is 0 Å². The largest absolute Gasteiger partial charge is 0.294 e. The smallest absolute Gasteiger partial charge is 0.162 e. The summed E-state index contributed by atoms with van der Waals surface area (Å²) in [6.45, 7) is 2.19. The van der Waals surface area contributed by atoms with E-state index in [-0.39, 0.29) is 5.78 Å². The maximum atomic E-state index is 12.3. The molecule has 0 aliphatic heterocycles. The minimum atomic E-state index is 0.281. The van der Waals surface area contributed by atoms with Crippen molar-refractivity contribution in [1.82, 2.24) is 0 Å². The van der Waals surface area contributed by atoms with Gasteiger partial charge in [0.05, 0.1) is 0 Å². The van der Waals surface area contributed by atoms with Crippen LogP contribution in [0.15, 0.2) is 42.5 Å². The molecule has 3 rings (SSSR count). The van der Waals surface area contributed by atoms with Crippen LogP contribution >= 0.6 is 11.3 Å². The van der Waals surface area contributed by atoms with Crippen LogP contribution in [-0.4, -0.2) is 5.78 Å². The van der Waals surface area contributed by atoms with Crippen molar-refractivity contribution in [2.45, 2.75) is 39.0 Å². The molecule has 2 heteroatoms. The second kappa shape index (κ2) is 6.40. The van der Waals surface area contributed by atoms with Crippen LogP contribution in [0.25, 0.3) is 20.2 Å². The van der Waals surface area contributed by atoms with Crippen LogP contribution in [0, 0.1) is 0 Å². The summed E-state index contributed by atoms with van der Waals surface area (Å²) in [7, 11) is 0. The molecule has 1 aromatic heterocycles. The molecule has 0 saturated heterocycles. The number of Topliss-reactive ketones (excluding diaryl/α,β-unsaturated/α-hetero) is 1. The zero-order valence-electron chi connectivity index (χ0n) is 12.4. The maximum Gasteiger partial charge on any atom is 0.162 e. The number of benzene rings is 2. The summed E-state index contributed by atoms with van der Waals surface area (Å²) in [5.41, 5.74) is 0.863. The molecule has 0 aliphatic carbocycles. The topological polar surface area (TPSA) is 17.1 Å². The summed E-state index contributed by atoms with van der Waals surface area (Å²) in [5, 5.41) is 2.48. The highest BCUT2D eigenvalue weighted by Gasteiger charge is 2.09. The van der Waals surface area contributed by atoms with E-state index in [1.807, 2.05) is 6.07 Å². The fourth-order valence-corrected chi connectivity index (χ4v) is 3.84. The number of thiophene rings is 1. The van der Waals surface area contributed by atoms with Crippen LogP contribution in [-0.2, 0) is 0 Å². The first-order valence-electron chi connectivity index (χ1n) is 7.74. The average Bonchev–Trinajstić information content (AvgIpc) is 2.89. The Balaban J connectivity index is 1.86. The number of ketones is 1. The lowest BCUT2D eigenvalue weighted by Gasteiger charge is -2.02. The second-order valence-electron chi connectivity index (χ2n) is 5.54. The first-order chi connectivity index (χ1) is 10.3. The lowest BCUT2D eigenvalue weighted by Crippen LogP contribution is -1.98. The Kier molecular flexibility index (Phi) is 4.35. The number of hydrogen-bond acceptors (Lipinski definition) is 2. The van der Waals surface area contributed by atoms with Crippen LogP contribution in [0.4, 0.5) is 0 Å². The fourth-order valence-electron chi connectivity index (χ4n) is 2.76. The standard InChI is InChI=1S/C19H20OS/c1-2-3-4-5-9-17(20)14-11-12-19-16(13-14)15-8-6-7-10-18(15)21-19/h6-8,10-13H,2-5,9H2,1H3. The predicted octanol–water partition coefficient (Wildman–Crippen LogP) is 6.21. The van der Waals surface area contributed by atoms with Crippen molar-refractivity contribution in [2.24, 2.45) is 0 Å². The van der Waals surface area contributed by atoms with Gasteiger partial charge in [0.15, 0.2) is 5.78 Å². The Morgan fingerprint density at radius 2 is 1.76 bits per heavy atom. The number of unbranched alkanes of at least 4 members (excludes halogenated alkanes) is 3. The van der Waals surface area contributed by atoms with E-state index < -0.39 is 0 Å². The highest BCUT2D eigenvalue weighted by Crippen LogP contribution is 2.34. The third-order valence-corrected chi connectivity index (χ3v) is 5.11. The Bertz CT molecular complexity index is 769. The molecule has 0 fully saturated rings. The molecule has 0 spiro atoms. The number of carbonyl (C=O) groups is 1. The number of fused-ring (bicyclic) bond motifs is 3. The summed E-state index contributed by atoms with van der Waals surface area (Å²) in [5.74, 6) is 0.281. The van der Waals surface area contributed by atoms with Crippen LogP contribution in [0.1, 0.15) is 49.4 Å². The Morgan fingerprint density at radius 3 is 2.62 bits per heavy atom. The Hall–Kier alpha value is -1.67. The van der Waals surface area contributed by atoms with Crippen molar-refractivity contribution in [1.29, 1.82) is 0 Å². The Morgan fingerprint density at radius 1 is 0.952 bits per heavy atom. The highest BCUT2D eigenvalue weighted by molar-refractivity contribution is 7.25. The van der Waals surface area contributed by atoms with Gasteiger partial charge in [0.1, 0.15) is 0 Å². The highest BCUT2D eigenvalue weighted by atomic mass is 32.1. The summed E-state index contributed by atoms with van der Waals surface area (Å²) >= 11 is 1.80. The van der Waals surface area contributed by atoms with Gasteiger partial charge in [-0.2, -0.15) is 0 Å². The van der Waals surface area contributed by atoms with Crippen molar-refractivity contribution in [3.05, 3.63) is 48.0 Å². The van der Waals surface area contributed by atoms with Crippen molar-refractivity contribution < 1.29 is 4.79 Å². The second-order valence-corrected chi connectivity index (χ2v) is 6.63. The third kappa shape index (κ3) is 3.01. The summed E-state index contributed by atoms with van der Waals surface area (Å²) in [4.78, 5) is 12.3. The molecule has 108 valence electrons. The van der Waals surface area contributed by atoms with E-state index in [0.717, 1.165) is 18.4 Å². The molecule has 2 aromatic carbocycles. The van der Waals surface area contributed by atoms with E-state index in [1.165, 1.54) is 33.0 Å². The van der Waals surface area contributed by atoms with Gasteiger partial charge in [-0.1, -0.05) is 44.4 Å². The number of carbonyl (C=O) groups excluding carboxylic acids is 1. The Labute approximate surface area is 129 Å². The normalized spacial score (nSPS) is 11.3. The lowest BCUT2D eigenvalue weighted by molar-refractivity contribution is 0.0979. The SMILES string of the molecule is CCCCCCC(=O)c1ccc2sc3ccccc3c2c1. The van der Waals surface area contributed by atoms with Gasteiger partial charge < -0.3 is 0 Å². The van der Waals surface area contributed by atoms with Crippen LogP contribution < -0.4 is 0 Å². The monoisotopic (exact) mass is 296 g/mol. The number of hydrogen-bond donors (Lipinski definition) is 0. The molecule has 0 saturated carbocycles. The molecule has 0 N–H and O–H groups in total. The molecular weight excluding hydrogens is 276 g/mol. The first-order valence-corrected chi connectivity index (χ1v) is 8.55. The maximum absolute atomic E-state index is 12.3.